The fourth-order valence-electron chi connectivity index (χ4n) is 2.38. The van der Waals surface area contributed by atoms with Gasteiger partial charge in [-0.3, -0.25) is 4.79 Å². The predicted molar refractivity (Wildman–Crippen MR) is 100 cm³/mol. The number of carbonyl (C=O) groups excluding carboxylic acids is 1. The minimum Gasteiger partial charge on any atom is -0.340 e. The molecule has 128 valence electrons. The second kappa shape index (κ2) is 7.90. The molecule has 1 aromatic heterocycles. The van der Waals surface area contributed by atoms with Crippen LogP contribution in [0, 0.1) is 11.3 Å². The van der Waals surface area contributed by atoms with Crippen LogP contribution in [0.4, 0.5) is 17.2 Å². The zero-order valence-electron chi connectivity index (χ0n) is 14.2. The van der Waals surface area contributed by atoms with Gasteiger partial charge < -0.3 is 10.6 Å². The molecule has 0 saturated heterocycles. The molecule has 6 nitrogen and oxygen atoms in total. The van der Waals surface area contributed by atoms with Crippen molar-refractivity contribution in [2.24, 2.45) is 0 Å². The van der Waals surface area contributed by atoms with Crippen LogP contribution < -0.4 is 10.6 Å². The third-order valence-electron chi connectivity index (χ3n) is 3.78. The van der Waals surface area contributed by atoms with Gasteiger partial charge in [-0.2, -0.15) is 5.26 Å². The van der Waals surface area contributed by atoms with Gasteiger partial charge in [0.05, 0.1) is 11.6 Å². The average Bonchev–Trinajstić information content (AvgIpc) is 2.69. The molecule has 0 spiro atoms. The highest BCUT2D eigenvalue weighted by Gasteiger charge is 2.09. The topological polar surface area (TPSA) is 90.7 Å². The summed E-state index contributed by atoms with van der Waals surface area (Å²) in [6, 6.07) is 18.3. The van der Waals surface area contributed by atoms with Gasteiger partial charge in [0.2, 0.25) is 0 Å². The van der Waals surface area contributed by atoms with Gasteiger partial charge in [-0.1, -0.05) is 25.1 Å². The number of hydrogen-bond acceptors (Lipinski definition) is 5. The van der Waals surface area contributed by atoms with Crippen molar-refractivity contribution < 1.29 is 4.79 Å². The van der Waals surface area contributed by atoms with Gasteiger partial charge >= 0.3 is 0 Å². The van der Waals surface area contributed by atoms with Gasteiger partial charge in [-0.05, 0) is 42.3 Å². The van der Waals surface area contributed by atoms with Crippen molar-refractivity contribution in [3.63, 3.8) is 0 Å². The van der Waals surface area contributed by atoms with Crippen LogP contribution in [0.1, 0.15) is 28.5 Å². The van der Waals surface area contributed by atoms with E-state index in [2.05, 4.69) is 33.6 Å². The Labute approximate surface area is 151 Å². The van der Waals surface area contributed by atoms with Crippen LogP contribution in [0.5, 0.6) is 0 Å². The van der Waals surface area contributed by atoms with Gasteiger partial charge in [0.15, 0.2) is 0 Å². The SMILES string of the molecule is CCc1ccc(NC(=O)c2cc(Nc3cccc(C#N)c3)ncn2)cc1. The molecule has 3 aromatic rings. The number of amides is 1. The molecule has 0 aliphatic carbocycles. The lowest BCUT2D eigenvalue weighted by molar-refractivity contribution is 0.102. The van der Waals surface area contributed by atoms with Gasteiger partial charge in [-0.25, -0.2) is 9.97 Å². The highest BCUT2D eigenvalue weighted by molar-refractivity contribution is 6.03. The highest BCUT2D eigenvalue weighted by atomic mass is 16.1. The smallest absolute Gasteiger partial charge is 0.274 e. The lowest BCUT2D eigenvalue weighted by atomic mass is 10.1. The first-order valence-electron chi connectivity index (χ1n) is 8.17. The van der Waals surface area contributed by atoms with E-state index >= 15 is 0 Å². The molecule has 1 amide bonds. The number of anilines is 3. The van der Waals surface area contributed by atoms with Gasteiger partial charge in [0.1, 0.15) is 17.8 Å². The number of benzene rings is 2. The molecule has 0 aliphatic rings. The van der Waals surface area contributed by atoms with Crippen LogP contribution >= 0.6 is 0 Å². The van der Waals surface area contributed by atoms with Crippen LogP contribution in [-0.2, 0) is 6.42 Å². The Morgan fingerprint density at radius 3 is 2.62 bits per heavy atom. The molecule has 26 heavy (non-hydrogen) atoms. The summed E-state index contributed by atoms with van der Waals surface area (Å²) in [5.74, 6) is 0.159. The zero-order chi connectivity index (χ0) is 18.4. The van der Waals surface area contributed by atoms with Crippen molar-refractivity contribution in [2.45, 2.75) is 13.3 Å². The number of nitrogens with zero attached hydrogens (tertiary/aromatic N) is 3. The molecule has 0 bridgehead atoms. The Bertz CT molecular complexity index is 960. The Morgan fingerprint density at radius 1 is 1.08 bits per heavy atom. The molecule has 0 atom stereocenters. The first kappa shape index (κ1) is 17.1. The molecule has 2 N–H and O–H groups in total. The molecule has 3 rings (SSSR count). The minimum atomic E-state index is -0.314. The summed E-state index contributed by atoms with van der Waals surface area (Å²) in [5.41, 5.74) is 3.42. The Kier molecular flexibility index (Phi) is 5.20. The lowest BCUT2D eigenvalue weighted by Gasteiger charge is -2.08. The molecule has 0 aliphatic heterocycles. The fourth-order valence-corrected chi connectivity index (χ4v) is 2.38. The van der Waals surface area contributed by atoms with E-state index in [1.54, 1.807) is 24.3 Å². The Hall–Kier alpha value is -3.72. The van der Waals surface area contributed by atoms with E-state index in [-0.39, 0.29) is 11.6 Å². The van der Waals surface area contributed by atoms with E-state index in [9.17, 15) is 4.79 Å². The average molecular weight is 343 g/mol. The van der Waals surface area contributed by atoms with Gasteiger partial charge in [0, 0.05) is 17.4 Å². The van der Waals surface area contributed by atoms with Crippen molar-refractivity contribution in [1.29, 1.82) is 5.26 Å². The number of aromatic nitrogens is 2. The molecular weight excluding hydrogens is 326 g/mol. The molecule has 0 fully saturated rings. The van der Waals surface area contributed by atoms with Crippen LogP contribution in [0.15, 0.2) is 60.9 Å². The summed E-state index contributed by atoms with van der Waals surface area (Å²) in [5, 5.41) is 14.9. The summed E-state index contributed by atoms with van der Waals surface area (Å²) in [7, 11) is 0. The molecule has 2 aromatic carbocycles. The number of nitriles is 1. The normalized spacial score (nSPS) is 10.0. The van der Waals surface area contributed by atoms with Crippen LogP contribution in [0.25, 0.3) is 0 Å². The predicted octanol–water partition coefficient (Wildman–Crippen LogP) is 3.91. The van der Waals surface area contributed by atoms with Crippen molar-refractivity contribution >= 4 is 23.1 Å². The van der Waals surface area contributed by atoms with Crippen LogP contribution in [0.2, 0.25) is 0 Å². The second-order valence-electron chi connectivity index (χ2n) is 5.61. The largest absolute Gasteiger partial charge is 0.340 e. The molecule has 1 heterocycles. The third kappa shape index (κ3) is 4.22. The summed E-state index contributed by atoms with van der Waals surface area (Å²) >= 11 is 0. The molecule has 0 saturated carbocycles. The van der Waals surface area contributed by atoms with E-state index in [4.69, 9.17) is 5.26 Å². The van der Waals surface area contributed by atoms with Gasteiger partial charge in [0.25, 0.3) is 5.91 Å². The minimum absolute atomic E-state index is 0.249. The number of hydrogen-bond donors (Lipinski definition) is 2. The summed E-state index contributed by atoms with van der Waals surface area (Å²) in [6.07, 6.45) is 2.27. The van der Waals surface area contributed by atoms with Crippen molar-refractivity contribution in [3.8, 4) is 6.07 Å². The van der Waals surface area contributed by atoms with E-state index in [0.717, 1.165) is 6.42 Å². The van der Waals surface area contributed by atoms with Crippen LogP contribution in [-0.4, -0.2) is 15.9 Å². The highest BCUT2D eigenvalue weighted by Crippen LogP contribution is 2.17. The van der Waals surface area contributed by atoms with E-state index < -0.39 is 0 Å². The standard InChI is InChI=1S/C20H17N5O/c1-2-14-6-8-16(9-7-14)25-20(26)18-11-19(23-13-22-18)24-17-5-3-4-15(10-17)12-21/h3-11,13H,2H2,1H3,(H,25,26)(H,22,23,24). The van der Waals surface area contributed by atoms with Crippen molar-refractivity contribution in [2.75, 3.05) is 10.6 Å². The molecule has 0 unspecified atom stereocenters. The summed E-state index contributed by atoms with van der Waals surface area (Å²) in [4.78, 5) is 20.5. The summed E-state index contributed by atoms with van der Waals surface area (Å²) in [6.45, 7) is 2.08. The third-order valence-corrected chi connectivity index (χ3v) is 3.78. The Morgan fingerprint density at radius 2 is 1.88 bits per heavy atom. The zero-order valence-corrected chi connectivity index (χ0v) is 14.2. The lowest BCUT2D eigenvalue weighted by Crippen LogP contribution is -2.14. The van der Waals surface area contributed by atoms with E-state index in [0.29, 0.717) is 22.8 Å². The van der Waals surface area contributed by atoms with E-state index in [1.165, 1.54) is 11.9 Å². The first-order chi connectivity index (χ1) is 12.7. The number of nitrogens with one attached hydrogen (secondary N) is 2. The second-order valence-corrected chi connectivity index (χ2v) is 5.61. The maximum atomic E-state index is 12.4. The van der Waals surface area contributed by atoms with Crippen molar-refractivity contribution in [1.82, 2.24) is 9.97 Å². The maximum Gasteiger partial charge on any atom is 0.274 e. The van der Waals surface area contributed by atoms with Crippen molar-refractivity contribution in [3.05, 3.63) is 77.7 Å². The first-order valence-corrected chi connectivity index (χ1v) is 8.17. The van der Waals surface area contributed by atoms with Gasteiger partial charge in [-0.15, -0.1) is 0 Å². The van der Waals surface area contributed by atoms with E-state index in [1.807, 2.05) is 30.3 Å². The van der Waals surface area contributed by atoms with Crippen LogP contribution in [0.3, 0.4) is 0 Å². The quantitative estimate of drug-likeness (QED) is 0.733. The number of carbonyl (C=O) groups is 1. The maximum absolute atomic E-state index is 12.4. The monoisotopic (exact) mass is 343 g/mol. The Balaban J connectivity index is 1.73. The summed E-state index contributed by atoms with van der Waals surface area (Å²) < 4.78 is 0. The fraction of sp³-hybridized carbons (Fsp3) is 0.100. The molecule has 0 radical (unpaired) electrons. The molecule has 6 heteroatoms. The molecular formula is C20H17N5O. The number of rotatable bonds is 5. The number of aryl methyl sites for hydroxylation is 1.